The fourth-order valence-corrected chi connectivity index (χ4v) is 3.68. The van der Waals surface area contributed by atoms with E-state index in [1.54, 1.807) is 31.4 Å². The van der Waals surface area contributed by atoms with Crippen molar-refractivity contribution < 1.29 is 13.2 Å². The van der Waals surface area contributed by atoms with E-state index in [0.29, 0.717) is 31.1 Å². The lowest BCUT2D eigenvalue weighted by atomic mass is 10.3. The summed E-state index contributed by atoms with van der Waals surface area (Å²) in [4.78, 5) is 0.309. The lowest BCUT2D eigenvalue weighted by molar-refractivity contribution is 0.211. The van der Waals surface area contributed by atoms with E-state index in [2.05, 4.69) is 5.32 Å². The predicted molar refractivity (Wildman–Crippen MR) is 78.2 cm³/mol. The van der Waals surface area contributed by atoms with Gasteiger partial charge in [-0.3, -0.25) is 0 Å². The zero-order valence-electron chi connectivity index (χ0n) is 11.6. The van der Waals surface area contributed by atoms with Crippen molar-refractivity contribution in [2.45, 2.75) is 17.4 Å². The number of hydrogen-bond donors (Lipinski definition) is 2. The number of nitrogens with two attached hydrogens (primary N) is 1. The van der Waals surface area contributed by atoms with Crippen molar-refractivity contribution >= 4 is 15.7 Å². The molecule has 0 amide bonds. The molecule has 0 bridgehead atoms. The van der Waals surface area contributed by atoms with E-state index in [1.165, 1.54) is 4.31 Å². The Kier molecular flexibility index (Phi) is 4.98. The second kappa shape index (κ2) is 6.53. The molecule has 1 heterocycles. The fraction of sp³-hybridized carbons (Fsp3) is 0.538. The topological polar surface area (TPSA) is 84.7 Å². The molecule has 7 heteroatoms. The molecule has 1 atom stereocenters. The Labute approximate surface area is 120 Å². The normalized spacial score (nSPS) is 20.2. The van der Waals surface area contributed by atoms with Crippen LogP contribution in [0.5, 0.6) is 0 Å². The van der Waals surface area contributed by atoms with Crippen molar-refractivity contribution in [3.05, 3.63) is 24.3 Å². The first-order valence-electron chi connectivity index (χ1n) is 6.62. The molecule has 2 rings (SSSR count). The van der Waals surface area contributed by atoms with Gasteiger partial charge in [0.1, 0.15) is 0 Å². The van der Waals surface area contributed by atoms with Crippen molar-refractivity contribution in [2.75, 3.05) is 38.7 Å². The summed E-state index contributed by atoms with van der Waals surface area (Å²) in [5.41, 5.74) is 6.64. The Morgan fingerprint density at radius 3 is 2.65 bits per heavy atom. The summed E-state index contributed by atoms with van der Waals surface area (Å²) >= 11 is 0. The lowest BCUT2D eigenvalue weighted by Gasteiger charge is -2.16. The number of anilines is 1. The van der Waals surface area contributed by atoms with E-state index >= 15 is 0 Å². The van der Waals surface area contributed by atoms with Gasteiger partial charge >= 0.3 is 0 Å². The molecule has 0 aromatic heterocycles. The standard InChI is InChI=1S/C13H21N3O3S/c1-19-9-7-15-12-2-4-13(5-3-12)20(17,18)16-8-6-11(14)10-16/h2-5,11,15H,6-10,14H2,1H3. The van der Waals surface area contributed by atoms with E-state index in [9.17, 15) is 8.42 Å². The van der Waals surface area contributed by atoms with Gasteiger partial charge in [0, 0.05) is 38.5 Å². The van der Waals surface area contributed by atoms with Crippen molar-refractivity contribution in [3.63, 3.8) is 0 Å². The van der Waals surface area contributed by atoms with Gasteiger partial charge in [0.25, 0.3) is 0 Å². The highest BCUT2D eigenvalue weighted by molar-refractivity contribution is 7.89. The van der Waals surface area contributed by atoms with Crippen LogP contribution < -0.4 is 11.1 Å². The Hall–Kier alpha value is -1.15. The summed E-state index contributed by atoms with van der Waals surface area (Å²) in [5, 5.41) is 3.15. The minimum absolute atomic E-state index is 0.0558. The van der Waals surface area contributed by atoms with Crippen molar-refractivity contribution in [1.82, 2.24) is 4.31 Å². The molecule has 1 aromatic carbocycles. The van der Waals surface area contributed by atoms with Gasteiger partial charge in [-0.1, -0.05) is 0 Å². The summed E-state index contributed by atoms with van der Waals surface area (Å²) in [6.07, 6.45) is 0.718. The number of benzene rings is 1. The highest BCUT2D eigenvalue weighted by Crippen LogP contribution is 2.21. The van der Waals surface area contributed by atoms with Crippen LogP contribution in [0.3, 0.4) is 0 Å². The predicted octanol–water partition coefficient (Wildman–Crippen LogP) is 0.467. The quantitative estimate of drug-likeness (QED) is 0.746. The molecule has 1 saturated heterocycles. The molecule has 1 aliphatic rings. The minimum Gasteiger partial charge on any atom is -0.383 e. The molecule has 1 aromatic rings. The first kappa shape index (κ1) is 15.2. The fourth-order valence-electron chi connectivity index (χ4n) is 2.16. The molecule has 112 valence electrons. The van der Waals surface area contributed by atoms with Crippen LogP contribution in [0.15, 0.2) is 29.2 Å². The zero-order chi connectivity index (χ0) is 14.6. The molecule has 6 nitrogen and oxygen atoms in total. The van der Waals surface area contributed by atoms with E-state index in [0.717, 1.165) is 12.1 Å². The monoisotopic (exact) mass is 299 g/mol. The van der Waals surface area contributed by atoms with Gasteiger partial charge in [0.05, 0.1) is 11.5 Å². The Morgan fingerprint density at radius 2 is 2.10 bits per heavy atom. The lowest BCUT2D eigenvalue weighted by Crippen LogP contribution is -2.31. The molecule has 0 aliphatic carbocycles. The molecule has 1 aliphatic heterocycles. The molecule has 20 heavy (non-hydrogen) atoms. The number of sulfonamides is 1. The number of hydrogen-bond acceptors (Lipinski definition) is 5. The van der Waals surface area contributed by atoms with Crippen molar-refractivity contribution in [2.24, 2.45) is 5.73 Å². The summed E-state index contributed by atoms with van der Waals surface area (Å²) < 4.78 is 31.2. The summed E-state index contributed by atoms with van der Waals surface area (Å²) in [6.45, 7) is 2.18. The highest BCUT2D eigenvalue weighted by Gasteiger charge is 2.30. The molecule has 1 unspecified atom stereocenters. The van der Waals surface area contributed by atoms with Gasteiger partial charge < -0.3 is 15.8 Å². The number of rotatable bonds is 6. The summed E-state index contributed by atoms with van der Waals surface area (Å²) in [6, 6.07) is 6.71. The van der Waals surface area contributed by atoms with Gasteiger partial charge in [-0.05, 0) is 30.7 Å². The average Bonchev–Trinajstić information content (AvgIpc) is 2.87. The molecule has 1 fully saturated rings. The largest absolute Gasteiger partial charge is 0.383 e. The van der Waals surface area contributed by atoms with Crippen LogP contribution in [0.4, 0.5) is 5.69 Å². The molecular formula is C13H21N3O3S. The second-order valence-corrected chi connectivity index (χ2v) is 6.79. The molecule has 3 N–H and O–H groups in total. The second-order valence-electron chi connectivity index (χ2n) is 4.86. The van der Waals surface area contributed by atoms with Crippen LogP contribution in [0, 0.1) is 0 Å². The van der Waals surface area contributed by atoms with E-state index in [4.69, 9.17) is 10.5 Å². The SMILES string of the molecule is COCCNc1ccc(S(=O)(=O)N2CCC(N)C2)cc1. The van der Waals surface area contributed by atoms with Gasteiger partial charge in [0.2, 0.25) is 10.0 Å². The van der Waals surface area contributed by atoms with Crippen LogP contribution in [0.1, 0.15) is 6.42 Å². The van der Waals surface area contributed by atoms with Crippen LogP contribution >= 0.6 is 0 Å². The number of ether oxygens (including phenoxy) is 1. The molecule has 0 spiro atoms. The Morgan fingerprint density at radius 1 is 1.40 bits per heavy atom. The van der Waals surface area contributed by atoms with Crippen LogP contribution in [0.25, 0.3) is 0 Å². The summed E-state index contributed by atoms with van der Waals surface area (Å²) in [7, 11) is -1.78. The number of nitrogens with zero attached hydrogens (tertiary/aromatic N) is 1. The maximum Gasteiger partial charge on any atom is 0.243 e. The van der Waals surface area contributed by atoms with Crippen LogP contribution in [-0.2, 0) is 14.8 Å². The average molecular weight is 299 g/mol. The van der Waals surface area contributed by atoms with Crippen molar-refractivity contribution in [3.8, 4) is 0 Å². The highest BCUT2D eigenvalue weighted by atomic mass is 32.2. The Bertz CT molecular complexity index is 530. The number of nitrogens with one attached hydrogen (secondary N) is 1. The van der Waals surface area contributed by atoms with E-state index < -0.39 is 10.0 Å². The Balaban J connectivity index is 2.05. The maximum absolute atomic E-state index is 12.4. The molecule has 0 radical (unpaired) electrons. The molecular weight excluding hydrogens is 278 g/mol. The van der Waals surface area contributed by atoms with E-state index in [-0.39, 0.29) is 6.04 Å². The van der Waals surface area contributed by atoms with E-state index in [1.807, 2.05) is 0 Å². The maximum atomic E-state index is 12.4. The first-order chi connectivity index (χ1) is 9.54. The third kappa shape index (κ3) is 3.49. The molecule has 0 saturated carbocycles. The van der Waals surface area contributed by atoms with Gasteiger partial charge in [-0.2, -0.15) is 4.31 Å². The first-order valence-corrected chi connectivity index (χ1v) is 8.06. The van der Waals surface area contributed by atoms with Crippen molar-refractivity contribution in [1.29, 1.82) is 0 Å². The third-order valence-electron chi connectivity index (χ3n) is 3.31. The number of methoxy groups -OCH3 is 1. The van der Waals surface area contributed by atoms with Crippen LogP contribution in [-0.4, -0.2) is 52.1 Å². The van der Waals surface area contributed by atoms with Gasteiger partial charge in [0.15, 0.2) is 0 Å². The zero-order valence-corrected chi connectivity index (χ0v) is 12.4. The van der Waals surface area contributed by atoms with Crippen LogP contribution in [0.2, 0.25) is 0 Å². The smallest absolute Gasteiger partial charge is 0.243 e. The third-order valence-corrected chi connectivity index (χ3v) is 5.19. The summed E-state index contributed by atoms with van der Waals surface area (Å²) in [5.74, 6) is 0. The van der Waals surface area contributed by atoms with Gasteiger partial charge in [-0.15, -0.1) is 0 Å². The minimum atomic E-state index is -3.41. The van der Waals surface area contributed by atoms with Gasteiger partial charge in [-0.25, -0.2) is 8.42 Å².